The zero-order valence-corrected chi connectivity index (χ0v) is 16.6. The summed E-state index contributed by atoms with van der Waals surface area (Å²) >= 11 is 0. The molecule has 0 atom stereocenters. The first-order valence-corrected chi connectivity index (χ1v) is 10.8. The van der Waals surface area contributed by atoms with Crippen molar-refractivity contribution in [2.45, 2.75) is 84.5 Å². The van der Waals surface area contributed by atoms with E-state index in [1.165, 1.54) is 71.1 Å². The number of hydrogen-bond donors (Lipinski definition) is 0. The van der Waals surface area contributed by atoms with Crippen molar-refractivity contribution in [3.63, 3.8) is 0 Å². The van der Waals surface area contributed by atoms with Gasteiger partial charge in [-0.1, -0.05) is 39.0 Å². The van der Waals surface area contributed by atoms with Crippen LogP contribution in [0.25, 0.3) is 0 Å². The number of aryl methyl sites for hydroxylation is 1. The zero-order valence-electron chi connectivity index (χ0n) is 16.6. The molecule has 2 aliphatic carbocycles. The first-order chi connectivity index (χ1) is 12.6. The van der Waals surface area contributed by atoms with Crippen molar-refractivity contribution < 1.29 is 9.53 Å². The third-order valence-corrected chi connectivity index (χ3v) is 6.89. The molecule has 1 aromatic heterocycles. The van der Waals surface area contributed by atoms with E-state index in [0.29, 0.717) is 5.75 Å². The molecule has 3 nitrogen and oxygen atoms in total. The number of pyridine rings is 1. The van der Waals surface area contributed by atoms with Gasteiger partial charge in [-0.2, -0.15) is 0 Å². The molecule has 0 N–H and O–H groups in total. The molecular weight excluding hydrogens is 322 g/mol. The Morgan fingerprint density at radius 1 is 1.00 bits per heavy atom. The van der Waals surface area contributed by atoms with E-state index in [1.54, 1.807) is 6.20 Å². The van der Waals surface area contributed by atoms with Gasteiger partial charge >= 0.3 is 5.97 Å². The lowest BCUT2D eigenvalue weighted by atomic mass is 9.68. The quantitative estimate of drug-likeness (QED) is 0.589. The maximum absolute atomic E-state index is 11.0. The molecule has 144 valence electrons. The number of rotatable bonds is 6. The van der Waals surface area contributed by atoms with Crippen LogP contribution >= 0.6 is 0 Å². The van der Waals surface area contributed by atoms with Gasteiger partial charge in [-0.25, -0.2) is 0 Å². The van der Waals surface area contributed by atoms with Crippen LogP contribution in [0, 0.1) is 23.7 Å². The standard InChI is InChI=1S/C23H35NO2/c1-3-18-4-9-20(10-5-18)21-11-6-19(7-12-21)8-13-22-14-15-23(16-24-22)26-17(2)25/h14-16,18-21H,3-13H2,1-2H3/t18-,19-,20-,21-. The van der Waals surface area contributed by atoms with E-state index in [-0.39, 0.29) is 5.97 Å². The number of carbonyl (C=O) groups excluding carboxylic acids is 1. The summed E-state index contributed by atoms with van der Waals surface area (Å²) in [5.74, 6) is 4.16. The van der Waals surface area contributed by atoms with Crippen LogP contribution in [0.15, 0.2) is 18.3 Å². The van der Waals surface area contributed by atoms with Crippen molar-refractivity contribution in [2.24, 2.45) is 23.7 Å². The van der Waals surface area contributed by atoms with E-state index in [4.69, 9.17) is 4.74 Å². The second-order valence-electron chi connectivity index (χ2n) is 8.59. The Kier molecular flexibility index (Phi) is 7.10. The number of aromatic nitrogens is 1. The van der Waals surface area contributed by atoms with Gasteiger partial charge in [0, 0.05) is 12.6 Å². The first kappa shape index (κ1) is 19.4. The van der Waals surface area contributed by atoms with Crippen LogP contribution in [0.3, 0.4) is 0 Å². The molecule has 0 saturated heterocycles. The van der Waals surface area contributed by atoms with Crippen LogP contribution in [-0.2, 0) is 11.2 Å². The van der Waals surface area contributed by atoms with E-state index in [9.17, 15) is 4.79 Å². The monoisotopic (exact) mass is 357 g/mol. The third kappa shape index (κ3) is 5.56. The predicted octanol–water partition coefficient (Wildman–Crippen LogP) is 5.96. The fourth-order valence-corrected chi connectivity index (χ4v) is 5.15. The minimum Gasteiger partial charge on any atom is -0.425 e. The van der Waals surface area contributed by atoms with Crippen molar-refractivity contribution in [3.05, 3.63) is 24.0 Å². The summed E-state index contributed by atoms with van der Waals surface area (Å²) < 4.78 is 5.05. The molecule has 0 amide bonds. The van der Waals surface area contributed by atoms with Crippen molar-refractivity contribution in [3.8, 4) is 5.75 Å². The Labute approximate surface area is 158 Å². The molecule has 0 aliphatic heterocycles. The van der Waals surface area contributed by atoms with Crippen LogP contribution in [0.5, 0.6) is 5.75 Å². The Hall–Kier alpha value is -1.38. The van der Waals surface area contributed by atoms with Crippen LogP contribution in [0.2, 0.25) is 0 Å². The number of ether oxygens (including phenoxy) is 1. The molecule has 2 fully saturated rings. The number of hydrogen-bond acceptors (Lipinski definition) is 3. The Morgan fingerprint density at radius 2 is 1.62 bits per heavy atom. The second kappa shape index (κ2) is 9.53. The smallest absolute Gasteiger partial charge is 0.308 e. The highest BCUT2D eigenvalue weighted by molar-refractivity contribution is 5.69. The van der Waals surface area contributed by atoms with Crippen molar-refractivity contribution >= 4 is 5.97 Å². The summed E-state index contributed by atoms with van der Waals surface area (Å²) in [6.45, 7) is 3.77. The molecule has 0 unspecified atom stereocenters. The predicted molar refractivity (Wildman–Crippen MR) is 105 cm³/mol. The Morgan fingerprint density at radius 3 is 2.12 bits per heavy atom. The maximum atomic E-state index is 11.0. The van der Waals surface area contributed by atoms with Gasteiger partial charge in [0.2, 0.25) is 0 Å². The first-order valence-electron chi connectivity index (χ1n) is 10.8. The third-order valence-electron chi connectivity index (χ3n) is 6.89. The van der Waals surface area contributed by atoms with Gasteiger partial charge in [-0.05, 0) is 74.3 Å². The van der Waals surface area contributed by atoms with Crippen LogP contribution < -0.4 is 4.74 Å². The normalized spacial score (nSPS) is 29.3. The van der Waals surface area contributed by atoms with Gasteiger partial charge in [-0.3, -0.25) is 9.78 Å². The second-order valence-corrected chi connectivity index (χ2v) is 8.59. The average Bonchev–Trinajstić information content (AvgIpc) is 2.67. The molecule has 0 bridgehead atoms. The van der Waals surface area contributed by atoms with Gasteiger partial charge in [0.1, 0.15) is 5.75 Å². The molecule has 1 heterocycles. The molecule has 1 aromatic rings. The van der Waals surface area contributed by atoms with E-state index in [0.717, 1.165) is 35.8 Å². The average molecular weight is 358 g/mol. The lowest BCUT2D eigenvalue weighted by Crippen LogP contribution is -2.25. The van der Waals surface area contributed by atoms with Crippen molar-refractivity contribution in [1.82, 2.24) is 4.98 Å². The van der Waals surface area contributed by atoms with Gasteiger partial charge in [-0.15, -0.1) is 0 Å². The Balaban J connectivity index is 1.37. The van der Waals surface area contributed by atoms with E-state index < -0.39 is 0 Å². The summed E-state index contributed by atoms with van der Waals surface area (Å²) in [4.78, 5) is 15.4. The highest BCUT2D eigenvalue weighted by Crippen LogP contribution is 2.42. The highest BCUT2D eigenvalue weighted by atomic mass is 16.5. The summed E-state index contributed by atoms with van der Waals surface area (Å²) in [6.07, 6.45) is 17.0. The lowest BCUT2D eigenvalue weighted by molar-refractivity contribution is -0.131. The topological polar surface area (TPSA) is 39.2 Å². The number of carbonyl (C=O) groups is 1. The largest absolute Gasteiger partial charge is 0.425 e. The number of nitrogens with zero attached hydrogens (tertiary/aromatic N) is 1. The molecule has 2 saturated carbocycles. The summed E-state index contributed by atoms with van der Waals surface area (Å²) in [7, 11) is 0. The fraction of sp³-hybridized carbons (Fsp3) is 0.739. The van der Waals surface area contributed by atoms with E-state index in [1.807, 2.05) is 12.1 Å². The van der Waals surface area contributed by atoms with Crippen molar-refractivity contribution in [1.29, 1.82) is 0 Å². The Bertz CT molecular complexity index is 552. The molecule has 26 heavy (non-hydrogen) atoms. The maximum Gasteiger partial charge on any atom is 0.308 e. The van der Waals surface area contributed by atoms with Gasteiger partial charge in [0.15, 0.2) is 0 Å². The highest BCUT2D eigenvalue weighted by Gasteiger charge is 2.30. The van der Waals surface area contributed by atoms with Crippen LogP contribution in [-0.4, -0.2) is 11.0 Å². The molecule has 0 aromatic carbocycles. The number of esters is 1. The van der Waals surface area contributed by atoms with Gasteiger partial charge < -0.3 is 4.74 Å². The molecule has 3 rings (SSSR count). The molecule has 0 spiro atoms. The van der Waals surface area contributed by atoms with Gasteiger partial charge in [0.25, 0.3) is 0 Å². The minimum absolute atomic E-state index is 0.292. The molecule has 3 heteroatoms. The fourth-order valence-electron chi connectivity index (χ4n) is 5.15. The molecular formula is C23H35NO2. The van der Waals surface area contributed by atoms with Gasteiger partial charge in [0.05, 0.1) is 6.20 Å². The van der Waals surface area contributed by atoms with Crippen LogP contribution in [0.1, 0.15) is 83.7 Å². The summed E-state index contributed by atoms with van der Waals surface area (Å²) in [5.41, 5.74) is 1.11. The SMILES string of the molecule is CC[C@H]1CC[C@H]([C@H]2CC[C@H](CCc3ccc(OC(C)=O)cn3)CC2)CC1. The van der Waals surface area contributed by atoms with E-state index in [2.05, 4.69) is 11.9 Å². The lowest BCUT2D eigenvalue weighted by Gasteiger charge is -2.37. The van der Waals surface area contributed by atoms with E-state index >= 15 is 0 Å². The minimum atomic E-state index is -0.292. The molecule has 2 aliphatic rings. The van der Waals surface area contributed by atoms with Crippen molar-refractivity contribution in [2.75, 3.05) is 0 Å². The summed E-state index contributed by atoms with van der Waals surface area (Å²) in [5, 5.41) is 0. The summed E-state index contributed by atoms with van der Waals surface area (Å²) in [6, 6.07) is 3.85. The zero-order chi connectivity index (χ0) is 18.4. The molecule has 0 radical (unpaired) electrons. The van der Waals surface area contributed by atoms with Crippen LogP contribution in [0.4, 0.5) is 0 Å².